The summed E-state index contributed by atoms with van der Waals surface area (Å²) >= 11 is 6.09. The van der Waals surface area contributed by atoms with Crippen LogP contribution in [0, 0.1) is 0 Å². The highest BCUT2D eigenvalue weighted by Gasteiger charge is 2.21. The zero-order valence-corrected chi connectivity index (χ0v) is 14.2. The summed E-state index contributed by atoms with van der Waals surface area (Å²) in [5, 5.41) is 11.4. The number of aromatic nitrogens is 5. The molecule has 0 aliphatic carbocycles. The first kappa shape index (κ1) is 17.7. The monoisotopic (exact) mass is 373 g/mol. The van der Waals surface area contributed by atoms with Crippen LogP contribution in [0.25, 0.3) is 0 Å². The Labute approximate surface area is 147 Å². The van der Waals surface area contributed by atoms with E-state index in [1.54, 1.807) is 10.9 Å². The van der Waals surface area contributed by atoms with E-state index in [9.17, 15) is 13.6 Å². The molecule has 0 unspecified atom stereocenters. The summed E-state index contributed by atoms with van der Waals surface area (Å²) in [7, 11) is 0. The number of hydrogen-bond acceptors (Lipinski definition) is 6. The minimum absolute atomic E-state index is 0.0632. The van der Waals surface area contributed by atoms with Gasteiger partial charge in [0.05, 0.1) is 24.6 Å². The van der Waals surface area contributed by atoms with Gasteiger partial charge < -0.3 is 4.90 Å². The summed E-state index contributed by atoms with van der Waals surface area (Å²) < 4.78 is 27.3. The van der Waals surface area contributed by atoms with Crippen molar-refractivity contribution < 1.29 is 8.78 Å². The zero-order valence-electron chi connectivity index (χ0n) is 13.4. The zero-order chi connectivity index (χ0) is 17.8. The Morgan fingerprint density at radius 1 is 1.20 bits per heavy atom. The molecule has 0 atom stereocenters. The van der Waals surface area contributed by atoms with Crippen LogP contribution in [-0.4, -0.2) is 68.8 Å². The van der Waals surface area contributed by atoms with Crippen molar-refractivity contribution in [1.82, 2.24) is 29.7 Å². The molecule has 1 fully saturated rings. The van der Waals surface area contributed by atoms with E-state index in [4.69, 9.17) is 11.6 Å². The van der Waals surface area contributed by atoms with Crippen molar-refractivity contribution in [3.63, 3.8) is 0 Å². The molecular formula is C14H18ClF2N7O. The van der Waals surface area contributed by atoms with Gasteiger partial charge in [0, 0.05) is 38.9 Å². The van der Waals surface area contributed by atoms with Crippen LogP contribution in [0.1, 0.15) is 0 Å². The highest BCUT2D eigenvalue weighted by Crippen LogP contribution is 2.22. The molecule has 2 aromatic heterocycles. The highest BCUT2D eigenvalue weighted by atomic mass is 35.5. The maximum absolute atomic E-state index is 12.4. The topological polar surface area (TPSA) is 72.1 Å². The lowest BCUT2D eigenvalue weighted by molar-refractivity contribution is 0.119. The largest absolute Gasteiger partial charge is 0.366 e. The molecule has 1 saturated heterocycles. The van der Waals surface area contributed by atoms with Crippen molar-refractivity contribution in [1.29, 1.82) is 0 Å². The predicted octanol–water partition coefficient (Wildman–Crippen LogP) is 0.575. The normalized spacial score (nSPS) is 15.9. The lowest BCUT2D eigenvalue weighted by Crippen LogP contribution is -2.47. The molecule has 0 aromatic carbocycles. The van der Waals surface area contributed by atoms with Gasteiger partial charge in [-0.15, -0.1) is 5.10 Å². The number of piperazine rings is 1. The second-order valence-corrected chi connectivity index (χ2v) is 6.09. The van der Waals surface area contributed by atoms with Gasteiger partial charge in [0.25, 0.3) is 12.0 Å². The molecule has 0 saturated carbocycles. The van der Waals surface area contributed by atoms with Crippen LogP contribution in [0.5, 0.6) is 0 Å². The molecule has 0 radical (unpaired) electrons. The van der Waals surface area contributed by atoms with Crippen molar-refractivity contribution >= 4 is 17.3 Å². The Bertz CT molecular complexity index is 744. The number of nitrogens with zero attached hydrogens (tertiary/aromatic N) is 7. The fourth-order valence-electron chi connectivity index (χ4n) is 2.75. The standard InChI is InChI=1S/C14H18ClF2N7O/c15-13-11(9-19-24(14(13)25)10-12(16)17)22-6-3-21(4-7-22)5-8-23-2-1-18-20-23/h1-2,9,12H,3-8,10H2. The quantitative estimate of drug-likeness (QED) is 0.737. The summed E-state index contributed by atoms with van der Waals surface area (Å²) in [6.07, 6.45) is 2.19. The van der Waals surface area contributed by atoms with Gasteiger partial charge in [0.2, 0.25) is 0 Å². The molecule has 0 amide bonds. The second kappa shape index (κ2) is 7.87. The second-order valence-electron chi connectivity index (χ2n) is 5.72. The van der Waals surface area contributed by atoms with Crippen LogP contribution >= 0.6 is 11.6 Å². The minimum Gasteiger partial charge on any atom is -0.366 e. The van der Waals surface area contributed by atoms with Crippen LogP contribution in [-0.2, 0) is 13.1 Å². The van der Waals surface area contributed by atoms with Gasteiger partial charge in [-0.1, -0.05) is 16.8 Å². The molecule has 8 nitrogen and oxygen atoms in total. The maximum atomic E-state index is 12.4. The van der Waals surface area contributed by atoms with Gasteiger partial charge in [0.15, 0.2) is 0 Å². The molecule has 0 N–H and O–H groups in total. The highest BCUT2D eigenvalue weighted by molar-refractivity contribution is 6.33. The van der Waals surface area contributed by atoms with E-state index in [1.807, 2.05) is 11.1 Å². The molecule has 25 heavy (non-hydrogen) atoms. The van der Waals surface area contributed by atoms with Gasteiger partial charge in [-0.2, -0.15) is 5.10 Å². The van der Waals surface area contributed by atoms with E-state index in [1.165, 1.54) is 6.20 Å². The molecule has 1 aliphatic heterocycles. The van der Waals surface area contributed by atoms with Gasteiger partial charge in [0.1, 0.15) is 11.6 Å². The molecule has 3 rings (SSSR count). The molecule has 3 heterocycles. The number of anilines is 1. The van der Waals surface area contributed by atoms with Gasteiger partial charge in [-0.25, -0.2) is 13.5 Å². The Kier molecular flexibility index (Phi) is 5.59. The van der Waals surface area contributed by atoms with E-state index < -0.39 is 18.5 Å². The summed E-state index contributed by atoms with van der Waals surface area (Å²) in [4.78, 5) is 16.3. The number of rotatable bonds is 6. The first-order valence-electron chi connectivity index (χ1n) is 7.90. The number of alkyl halides is 2. The van der Waals surface area contributed by atoms with E-state index >= 15 is 0 Å². The molecule has 1 aliphatic rings. The van der Waals surface area contributed by atoms with Crippen LogP contribution in [0.4, 0.5) is 14.5 Å². The molecule has 0 spiro atoms. The summed E-state index contributed by atoms with van der Waals surface area (Å²) in [6.45, 7) is 3.80. The number of hydrogen-bond donors (Lipinski definition) is 0. The average Bonchev–Trinajstić information content (AvgIpc) is 3.11. The first-order valence-corrected chi connectivity index (χ1v) is 8.27. The molecule has 11 heteroatoms. The molecule has 136 valence electrons. The SMILES string of the molecule is O=c1c(Cl)c(N2CCN(CCn3ccnn3)CC2)cnn1CC(F)F. The van der Waals surface area contributed by atoms with Crippen molar-refractivity contribution in [2.45, 2.75) is 19.5 Å². The van der Waals surface area contributed by atoms with E-state index in [-0.39, 0.29) is 5.02 Å². The molecule has 2 aromatic rings. The molecular weight excluding hydrogens is 356 g/mol. The van der Waals surface area contributed by atoms with Crippen molar-refractivity contribution in [3.05, 3.63) is 34.0 Å². The van der Waals surface area contributed by atoms with Gasteiger partial charge >= 0.3 is 0 Å². The van der Waals surface area contributed by atoms with E-state index in [0.717, 1.165) is 26.2 Å². The van der Waals surface area contributed by atoms with Crippen molar-refractivity contribution in [2.24, 2.45) is 0 Å². The fraction of sp³-hybridized carbons (Fsp3) is 0.571. The third-order valence-electron chi connectivity index (χ3n) is 4.11. The Morgan fingerprint density at radius 3 is 2.60 bits per heavy atom. The van der Waals surface area contributed by atoms with Gasteiger partial charge in [-0.05, 0) is 0 Å². The van der Waals surface area contributed by atoms with E-state index in [0.29, 0.717) is 23.5 Å². The fourth-order valence-corrected chi connectivity index (χ4v) is 3.01. The van der Waals surface area contributed by atoms with Crippen molar-refractivity contribution in [3.8, 4) is 0 Å². The summed E-state index contributed by atoms with van der Waals surface area (Å²) in [6, 6.07) is 0. The Balaban J connectivity index is 1.59. The maximum Gasteiger partial charge on any atom is 0.287 e. The lowest BCUT2D eigenvalue weighted by Gasteiger charge is -2.36. The first-order chi connectivity index (χ1) is 12.0. The lowest BCUT2D eigenvalue weighted by atomic mass is 10.3. The van der Waals surface area contributed by atoms with Crippen LogP contribution in [0.15, 0.2) is 23.4 Å². The average molecular weight is 374 g/mol. The predicted molar refractivity (Wildman–Crippen MR) is 88.2 cm³/mol. The Morgan fingerprint density at radius 2 is 1.96 bits per heavy atom. The van der Waals surface area contributed by atoms with E-state index in [2.05, 4.69) is 20.3 Å². The van der Waals surface area contributed by atoms with Crippen LogP contribution in [0.2, 0.25) is 5.02 Å². The molecule has 0 bridgehead atoms. The third kappa shape index (κ3) is 4.31. The summed E-state index contributed by atoms with van der Waals surface area (Å²) in [5.41, 5.74) is -0.193. The Hall–Kier alpha value is -2.07. The number of halogens is 3. The smallest absolute Gasteiger partial charge is 0.287 e. The van der Waals surface area contributed by atoms with Gasteiger partial charge in [-0.3, -0.25) is 14.4 Å². The van der Waals surface area contributed by atoms with Crippen molar-refractivity contribution in [2.75, 3.05) is 37.6 Å². The summed E-state index contributed by atoms with van der Waals surface area (Å²) in [5.74, 6) is 0. The van der Waals surface area contributed by atoms with Crippen LogP contribution in [0.3, 0.4) is 0 Å². The van der Waals surface area contributed by atoms with Crippen LogP contribution < -0.4 is 10.5 Å². The minimum atomic E-state index is -2.65. The third-order valence-corrected chi connectivity index (χ3v) is 4.46.